The molecule has 5 nitrogen and oxygen atoms in total. The van der Waals surface area contributed by atoms with E-state index in [9.17, 15) is 4.79 Å². The van der Waals surface area contributed by atoms with Crippen molar-refractivity contribution in [2.24, 2.45) is 0 Å². The molecule has 0 radical (unpaired) electrons. The molecule has 1 amide bonds. The number of anilines is 1. The van der Waals surface area contributed by atoms with Crippen LogP contribution in [0.4, 0.5) is 5.13 Å². The molecule has 6 heteroatoms. The molecule has 0 saturated heterocycles. The number of carbonyl (C=O) groups excluding carboxylic acids is 1. The highest BCUT2D eigenvalue weighted by Crippen LogP contribution is 2.35. The summed E-state index contributed by atoms with van der Waals surface area (Å²) in [5.74, 6) is 0.527. The minimum absolute atomic E-state index is 0.00980. The molecule has 0 aliphatic heterocycles. The summed E-state index contributed by atoms with van der Waals surface area (Å²) in [4.78, 5) is 12.1. The quantitative estimate of drug-likeness (QED) is 0.856. The lowest BCUT2D eigenvalue weighted by molar-refractivity contribution is -0.695. The number of hydrogen-bond acceptors (Lipinski definition) is 4. The number of amides is 1. The minimum atomic E-state index is -0.00980. The van der Waals surface area contributed by atoms with E-state index >= 15 is 0 Å². The molecule has 1 aliphatic carbocycles. The molecule has 0 unspecified atom stereocenters. The summed E-state index contributed by atoms with van der Waals surface area (Å²) in [6.45, 7) is 2.72. The van der Waals surface area contributed by atoms with Gasteiger partial charge in [-0.1, -0.05) is 30.6 Å². The summed E-state index contributed by atoms with van der Waals surface area (Å²) < 4.78 is 2.01. The zero-order valence-corrected chi connectivity index (χ0v) is 14.3. The van der Waals surface area contributed by atoms with Gasteiger partial charge >= 0.3 is 0 Å². The molecule has 1 N–H and O–H groups in total. The Bertz CT molecular complexity index is 647. The van der Waals surface area contributed by atoms with Crippen molar-refractivity contribution in [2.75, 3.05) is 5.32 Å². The topological polar surface area (TPSA) is 58.8 Å². The highest BCUT2D eigenvalue weighted by atomic mass is 32.1. The smallest absolute Gasteiger partial charge is 0.232 e. The molecule has 2 aromatic heterocycles. The Balaban J connectivity index is 1.49. The monoisotopic (exact) mass is 331 g/mol. The van der Waals surface area contributed by atoms with Crippen molar-refractivity contribution >= 4 is 22.4 Å². The Labute approximate surface area is 140 Å². The van der Waals surface area contributed by atoms with E-state index in [1.807, 2.05) is 29.1 Å². The molecule has 2 heterocycles. The van der Waals surface area contributed by atoms with Gasteiger partial charge in [0.25, 0.3) is 0 Å². The van der Waals surface area contributed by atoms with E-state index in [1.54, 1.807) is 0 Å². The highest BCUT2D eigenvalue weighted by Gasteiger charge is 2.20. The van der Waals surface area contributed by atoms with Gasteiger partial charge in [0.1, 0.15) is 5.01 Å². The largest absolute Gasteiger partial charge is 0.300 e. The Morgan fingerprint density at radius 3 is 2.74 bits per heavy atom. The summed E-state index contributed by atoms with van der Waals surface area (Å²) in [5, 5.41) is 13.0. The fourth-order valence-electron chi connectivity index (χ4n) is 2.89. The van der Waals surface area contributed by atoms with E-state index in [0.29, 0.717) is 24.0 Å². The van der Waals surface area contributed by atoms with Crippen molar-refractivity contribution in [3.05, 3.63) is 35.1 Å². The van der Waals surface area contributed by atoms with Crippen molar-refractivity contribution in [3.63, 3.8) is 0 Å². The van der Waals surface area contributed by atoms with Crippen molar-refractivity contribution in [1.82, 2.24) is 10.2 Å². The first-order valence-electron chi connectivity index (χ1n) is 8.29. The first kappa shape index (κ1) is 16.1. The van der Waals surface area contributed by atoms with Crippen LogP contribution in [0.15, 0.2) is 24.5 Å². The Kier molecular flexibility index (Phi) is 5.33. The van der Waals surface area contributed by atoms with Crippen LogP contribution in [-0.4, -0.2) is 16.1 Å². The van der Waals surface area contributed by atoms with Gasteiger partial charge in [-0.15, -0.1) is 10.2 Å². The number of pyridine rings is 1. The minimum Gasteiger partial charge on any atom is -0.300 e. The molecular weight excluding hydrogens is 308 g/mol. The maximum atomic E-state index is 12.1. The molecule has 0 bridgehead atoms. The summed E-state index contributed by atoms with van der Waals surface area (Å²) >= 11 is 1.53. The number of aromatic nitrogens is 3. The molecule has 3 rings (SSSR count). The fraction of sp³-hybridized carbons (Fsp3) is 0.529. The van der Waals surface area contributed by atoms with E-state index in [1.165, 1.54) is 49.0 Å². The van der Waals surface area contributed by atoms with E-state index in [4.69, 9.17) is 0 Å². The maximum absolute atomic E-state index is 12.1. The predicted molar refractivity (Wildman–Crippen MR) is 90.4 cm³/mol. The third kappa shape index (κ3) is 4.58. The van der Waals surface area contributed by atoms with Crippen LogP contribution >= 0.6 is 11.3 Å². The van der Waals surface area contributed by atoms with Gasteiger partial charge < -0.3 is 5.32 Å². The van der Waals surface area contributed by atoms with Crippen molar-refractivity contribution in [3.8, 4) is 0 Å². The van der Waals surface area contributed by atoms with Gasteiger partial charge in [-0.2, -0.15) is 0 Å². The van der Waals surface area contributed by atoms with Gasteiger partial charge in [-0.25, -0.2) is 4.57 Å². The summed E-state index contributed by atoms with van der Waals surface area (Å²) in [5.41, 5.74) is 1.22. The van der Waals surface area contributed by atoms with Gasteiger partial charge in [0.2, 0.25) is 11.0 Å². The molecular formula is C17H23N4OS+. The number of rotatable bonds is 5. The average Bonchev–Trinajstić information content (AvgIpc) is 3.04. The number of carbonyl (C=O) groups is 1. The lowest BCUT2D eigenvalue weighted by Crippen LogP contribution is -2.34. The van der Waals surface area contributed by atoms with Gasteiger partial charge in [0.15, 0.2) is 18.9 Å². The van der Waals surface area contributed by atoms with Crippen LogP contribution in [0.25, 0.3) is 0 Å². The van der Waals surface area contributed by atoms with Gasteiger partial charge in [0, 0.05) is 18.1 Å². The second-order valence-electron chi connectivity index (χ2n) is 6.19. The van der Waals surface area contributed by atoms with Crippen LogP contribution in [0.3, 0.4) is 0 Å². The zero-order chi connectivity index (χ0) is 16.1. The molecule has 1 fully saturated rings. The third-order valence-corrected chi connectivity index (χ3v) is 5.30. The van der Waals surface area contributed by atoms with Crippen molar-refractivity contribution in [1.29, 1.82) is 0 Å². The van der Waals surface area contributed by atoms with Crippen LogP contribution in [0, 0.1) is 6.92 Å². The molecule has 23 heavy (non-hydrogen) atoms. The van der Waals surface area contributed by atoms with Crippen LogP contribution in [0.1, 0.15) is 55.0 Å². The Morgan fingerprint density at radius 2 is 2.00 bits per heavy atom. The molecule has 1 saturated carbocycles. The zero-order valence-electron chi connectivity index (χ0n) is 13.5. The lowest BCUT2D eigenvalue weighted by Gasteiger charge is -2.18. The summed E-state index contributed by atoms with van der Waals surface area (Å²) in [7, 11) is 0. The van der Waals surface area contributed by atoms with Crippen molar-refractivity contribution < 1.29 is 9.36 Å². The van der Waals surface area contributed by atoms with Crippen LogP contribution < -0.4 is 9.88 Å². The van der Waals surface area contributed by atoms with Gasteiger partial charge in [-0.3, -0.25) is 4.79 Å². The number of nitrogens with zero attached hydrogens (tertiary/aromatic N) is 3. The van der Waals surface area contributed by atoms with Gasteiger partial charge in [0.05, 0.1) is 6.42 Å². The number of nitrogens with one attached hydrogen (secondary N) is 1. The van der Waals surface area contributed by atoms with E-state index in [0.717, 1.165) is 5.01 Å². The van der Waals surface area contributed by atoms with Crippen LogP contribution in [-0.2, 0) is 11.3 Å². The maximum Gasteiger partial charge on any atom is 0.232 e. The van der Waals surface area contributed by atoms with Gasteiger partial charge in [-0.05, 0) is 25.3 Å². The summed E-state index contributed by atoms with van der Waals surface area (Å²) in [6.07, 6.45) is 10.7. The first-order chi connectivity index (χ1) is 11.2. The molecule has 2 aromatic rings. The normalized spacial score (nSPS) is 15.5. The molecule has 0 atom stereocenters. The Morgan fingerprint density at radius 1 is 1.26 bits per heavy atom. The predicted octanol–water partition coefficient (Wildman–Crippen LogP) is 3.21. The molecule has 1 aliphatic rings. The molecule has 0 aromatic carbocycles. The van der Waals surface area contributed by atoms with E-state index in [2.05, 4.69) is 22.4 Å². The van der Waals surface area contributed by atoms with E-state index < -0.39 is 0 Å². The fourth-order valence-corrected chi connectivity index (χ4v) is 3.82. The average molecular weight is 331 g/mol. The molecule has 122 valence electrons. The number of hydrogen-bond donors (Lipinski definition) is 1. The second kappa shape index (κ2) is 7.64. The standard InChI is InChI=1S/C17H22N4OS/c1-13-7-10-21(11-8-13)12-9-15(22)18-17-20-19-16(23-17)14-5-3-2-4-6-14/h7-8,10-11,14H,2-6,9,12H2,1H3/p+1. The highest BCUT2D eigenvalue weighted by molar-refractivity contribution is 7.15. The Hall–Kier alpha value is -1.82. The third-order valence-electron chi connectivity index (χ3n) is 4.30. The summed E-state index contributed by atoms with van der Waals surface area (Å²) in [6, 6.07) is 4.08. The number of aryl methyl sites for hydroxylation is 2. The SMILES string of the molecule is Cc1cc[n+](CCC(=O)Nc2nnc(C3CCCCC3)s2)cc1. The second-order valence-corrected chi connectivity index (χ2v) is 7.20. The lowest BCUT2D eigenvalue weighted by atomic mass is 9.90. The van der Waals surface area contributed by atoms with Crippen LogP contribution in [0.2, 0.25) is 0 Å². The first-order valence-corrected chi connectivity index (χ1v) is 9.11. The van der Waals surface area contributed by atoms with Crippen LogP contribution in [0.5, 0.6) is 0 Å². The van der Waals surface area contributed by atoms with E-state index in [-0.39, 0.29) is 5.91 Å². The van der Waals surface area contributed by atoms with Crippen molar-refractivity contribution in [2.45, 2.75) is 57.9 Å². The molecule has 0 spiro atoms.